The fraction of sp³-hybridized carbons (Fsp3) is 0. The Morgan fingerprint density at radius 2 is 1.10 bits per heavy atom. The molecule has 0 fully saturated rings. The third-order valence-corrected chi connectivity index (χ3v) is 8.18. The summed E-state index contributed by atoms with van der Waals surface area (Å²) < 4.78 is 4.54. The summed E-state index contributed by atoms with van der Waals surface area (Å²) in [6, 6.07) is 47.8. The van der Waals surface area contributed by atoms with E-state index in [9.17, 15) is 5.26 Å². The van der Waals surface area contributed by atoms with Crippen LogP contribution in [0.5, 0.6) is 0 Å². The Labute approximate surface area is 242 Å². The van der Waals surface area contributed by atoms with Crippen LogP contribution in [0.15, 0.2) is 133 Å². The summed E-state index contributed by atoms with van der Waals surface area (Å²) in [5.41, 5.74) is 9.41. The van der Waals surface area contributed by atoms with Crippen molar-refractivity contribution < 1.29 is 0 Å². The van der Waals surface area contributed by atoms with Crippen LogP contribution in [0.2, 0.25) is 0 Å². The van der Waals surface area contributed by atoms with Crippen LogP contribution in [0.4, 0.5) is 5.69 Å². The maximum Gasteiger partial charge on any atom is 0.195 e. The third kappa shape index (κ3) is 3.40. The van der Waals surface area contributed by atoms with Gasteiger partial charge in [-0.05, 0) is 65.7 Å². The van der Waals surface area contributed by atoms with Crippen molar-refractivity contribution in [2.45, 2.75) is 0 Å². The van der Waals surface area contributed by atoms with E-state index in [1.165, 1.54) is 10.8 Å². The lowest BCUT2D eigenvalue weighted by atomic mass is 10.0. The van der Waals surface area contributed by atoms with Crippen molar-refractivity contribution in [2.75, 3.05) is 0 Å². The van der Waals surface area contributed by atoms with Crippen LogP contribution in [-0.2, 0) is 0 Å². The molecule has 2 aromatic heterocycles. The van der Waals surface area contributed by atoms with E-state index < -0.39 is 0 Å². The standard InChI is InChI=1S/C38H22N4/c1-40-33-20-19-26(41-34-14-6-5-13-30(34)32-22-25(24-39)18-21-38(32)41)23-31(33)29-12-4-9-17-37(29)42-35-15-7-2-10-27(35)28-11-3-8-16-36(28)42/h2-23H. The van der Waals surface area contributed by atoms with Crippen LogP contribution in [0.1, 0.15) is 5.56 Å². The van der Waals surface area contributed by atoms with Gasteiger partial charge in [-0.15, -0.1) is 0 Å². The summed E-state index contributed by atoms with van der Waals surface area (Å²) in [6.07, 6.45) is 0. The largest absolute Gasteiger partial charge is 0.309 e. The van der Waals surface area contributed by atoms with Gasteiger partial charge in [0.2, 0.25) is 0 Å². The first-order chi connectivity index (χ1) is 20.8. The molecule has 8 aromatic rings. The topological polar surface area (TPSA) is 38.0 Å². The number of para-hydroxylation sites is 4. The van der Waals surface area contributed by atoms with Gasteiger partial charge < -0.3 is 9.13 Å². The zero-order chi connectivity index (χ0) is 28.2. The van der Waals surface area contributed by atoms with E-state index in [4.69, 9.17) is 6.57 Å². The van der Waals surface area contributed by atoms with Gasteiger partial charge in [0.15, 0.2) is 5.69 Å². The highest BCUT2D eigenvalue weighted by molar-refractivity contribution is 6.11. The number of hydrogen-bond acceptors (Lipinski definition) is 1. The molecule has 42 heavy (non-hydrogen) atoms. The molecule has 8 rings (SSSR count). The second-order valence-electron chi connectivity index (χ2n) is 10.4. The average molecular weight is 535 g/mol. The summed E-state index contributed by atoms with van der Waals surface area (Å²) in [5.74, 6) is 0. The molecule has 0 spiro atoms. The Hall–Kier alpha value is -6.10. The van der Waals surface area contributed by atoms with Crippen LogP contribution in [-0.4, -0.2) is 9.13 Å². The Bertz CT molecular complexity index is 2390. The van der Waals surface area contributed by atoms with E-state index in [0.717, 1.165) is 55.3 Å². The lowest BCUT2D eigenvalue weighted by molar-refractivity contribution is 1.17. The monoisotopic (exact) mass is 534 g/mol. The number of nitriles is 1. The van der Waals surface area contributed by atoms with Crippen molar-refractivity contribution in [3.8, 4) is 28.6 Å². The van der Waals surface area contributed by atoms with Crippen molar-refractivity contribution in [3.63, 3.8) is 0 Å². The molecule has 6 aromatic carbocycles. The number of benzene rings is 6. The summed E-state index contributed by atoms with van der Waals surface area (Å²) in [7, 11) is 0. The molecule has 0 atom stereocenters. The molecule has 0 radical (unpaired) electrons. The lowest BCUT2D eigenvalue weighted by Crippen LogP contribution is -1.98. The summed E-state index contributed by atoms with van der Waals surface area (Å²) in [6.45, 7) is 8.07. The highest BCUT2D eigenvalue weighted by Crippen LogP contribution is 2.41. The molecule has 0 bridgehead atoms. The van der Waals surface area contributed by atoms with Gasteiger partial charge in [0.05, 0.1) is 46.0 Å². The molecule has 0 N–H and O–H groups in total. The van der Waals surface area contributed by atoms with Gasteiger partial charge in [0, 0.05) is 27.2 Å². The first-order valence-electron chi connectivity index (χ1n) is 13.8. The van der Waals surface area contributed by atoms with Crippen molar-refractivity contribution in [1.82, 2.24) is 9.13 Å². The van der Waals surface area contributed by atoms with Crippen LogP contribution in [0.3, 0.4) is 0 Å². The minimum absolute atomic E-state index is 0.597. The number of nitrogens with zero attached hydrogens (tertiary/aromatic N) is 4. The molecule has 2 heterocycles. The molecular formula is C38H22N4. The second kappa shape index (κ2) is 9.24. The molecule has 0 saturated heterocycles. The fourth-order valence-electron chi connectivity index (χ4n) is 6.38. The number of rotatable bonds is 3. The number of hydrogen-bond donors (Lipinski definition) is 0. The van der Waals surface area contributed by atoms with Gasteiger partial charge in [-0.2, -0.15) is 5.26 Å². The van der Waals surface area contributed by atoms with Crippen LogP contribution < -0.4 is 0 Å². The molecule has 0 saturated carbocycles. The Morgan fingerprint density at radius 3 is 1.76 bits per heavy atom. The SMILES string of the molecule is [C-]#[N+]c1ccc(-n2c3ccccc3c3cc(C#N)ccc32)cc1-c1ccccc1-n1c2ccccc2c2ccccc21. The van der Waals surface area contributed by atoms with Gasteiger partial charge in [0.25, 0.3) is 0 Å². The normalized spacial score (nSPS) is 11.3. The minimum Gasteiger partial charge on any atom is -0.309 e. The maximum atomic E-state index is 9.56. The molecule has 0 aliphatic heterocycles. The predicted octanol–water partition coefficient (Wildman–Crippen LogP) is 9.97. The lowest BCUT2D eigenvalue weighted by Gasteiger charge is -2.17. The number of fused-ring (bicyclic) bond motifs is 6. The highest BCUT2D eigenvalue weighted by Gasteiger charge is 2.19. The Kier molecular flexibility index (Phi) is 5.22. The highest BCUT2D eigenvalue weighted by atomic mass is 15.0. The van der Waals surface area contributed by atoms with E-state index in [1.54, 1.807) is 0 Å². The summed E-state index contributed by atoms with van der Waals surface area (Å²) in [5, 5.41) is 14.1. The first-order valence-corrected chi connectivity index (χ1v) is 13.8. The van der Waals surface area contributed by atoms with Crippen LogP contribution in [0.25, 0.3) is 71.0 Å². The van der Waals surface area contributed by atoms with E-state index in [-0.39, 0.29) is 0 Å². The zero-order valence-corrected chi connectivity index (χ0v) is 22.5. The van der Waals surface area contributed by atoms with Crippen LogP contribution in [0, 0.1) is 17.9 Å². The Balaban J connectivity index is 1.42. The molecule has 0 unspecified atom stereocenters. The van der Waals surface area contributed by atoms with Crippen molar-refractivity contribution >= 4 is 49.3 Å². The quantitative estimate of drug-likeness (QED) is 0.208. The van der Waals surface area contributed by atoms with Gasteiger partial charge in [-0.25, -0.2) is 4.85 Å². The zero-order valence-electron chi connectivity index (χ0n) is 22.5. The molecule has 194 valence electrons. The molecule has 0 amide bonds. The maximum absolute atomic E-state index is 9.56. The summed E-state index contributed by atoms with van der Waals surface area (Å²) in [4.78, 5) is 3.96. The van der Waals surface area contributed by atoms with Gasteiger partial charge in [0.1, 0.15) is 0 Å². The van der Waals surface area contributed by atoms with E-state index >= 15 is 0 Å². The second-order valence-corrected chi connectivity index (χ2v) is 10.4. The molecule has 4 heteroatoms. The third-order valence-electron chi connectivity index (χ3n) is 8.18. The Morgan fingerprint density at radius 1 is 0.524 bits per heavy atom. The predicted molar refractivity (Wildman–Crippen MR) is 172 cm³/mol. The van der Waals surface area contributed by atoms with Crippen LogP contribution >= 0.6 is 0 Å². The summed E-state index contributed by atoms with van der Waals surface area (Å²) >= 11 is 0. The van der Waals surface area contributed by atoms with Gasteiger partial charge in [-0.3, -0.25) is 0 Å². The van der Waals surface area contributed by atoms with Crippen molar-refractivity contribution in [3.05, 3.63) is 150 Å². The molecule has 0 aliphatic rings. The average Bonchev–Trinajstić information content (AvgIpc) is 3.57. The van der Waals surface area contributed by atoms with Crippen molar-refractivity contribution in [1.29, 1.82) is 5.26 Å². The van der Waals surface area contributed by atoms with E-state index in [2.05, 4.69) is 105 Å². The van der Waals surface area contributed by atoms with Gasteiger partial charge in [-0.1, -0.05) is 78.9 Å². The molecule has 0 aliphatic carbocycles. The first kappa shape index (κ1) is 23.8. The fourth-order valence-corrected chi connectivity index (χ4v) is 6.38. The molecular weight excluding hydrogens is 512 g/mol. The van der Waals surface area contributed by atoms with Gasteiger partial charge >= 0.3 is 0 Å². The van der Waals surface area contributed by atoms with E-state index in [0.29, 0.717) is 11.3 Å². The molecule has 4 nitrogen and oxygen atoms in total. The van der Waals surface area contributed by atoms with E-state index in [1.807, 2.05) is 48.5 Å². The minimum atomic E-state index is 0.597. The van der Waals surface area contributed by atoms with Crippen molar-refractivity contribution in [2.24, 2.45) is 0 Å². The number of aromatic nitrogens is 2. The smallest absolute Gasteiger partial charge is 0.195 e.